The molecule has 5 rings (SSSR count). The number of halogens is 3. The van der Waals surface area contributed by atoms with Crippen molar-refractivity contribution in [2.24, 2.45) is 5.73 Å². The molecule has 1 aliphatic carbocycles. The van der Waals surface area contributed by atoms with Crippen molar-refractivity contribution >= 4 is 17.5 Å². The minimum Gasteiger partial charge on any atom is -0.364 e. The molecule has 1 aromatic carbocycles. The molecule has 3 aliphatic rings. The number of alkyl halides is 3. The van der Waals surface area contributed by atoms with Gasteiger partial charge in [0, 0.05) is 25.2 Å². The van der Waals surface area contributed by atoms with Gasteiger partial charge in [-0.05, 0) is 37.5 Å². The second-order valence-electron chi connectivity index (χ2n) is 8.79. The molecular formula is C23H22F3N5O3. The van der Waals surface area contributed by atoms with Crippen LogP contribution in [0, 0.1) is 0 Å². The van der Waals surface area contributed by atoms with E-state index in [9.17, 15) is 27.6 Å². The highest BCUT2D eigenvalue weighted by molar-refractivity contribution is 6.25. The van der Waals surface area contributed by atoms with Gasteiger partial charge in [0.2, 0.25) is 17.5 Å². The molecule has 11 heteroatoms. The summed E-state index contributed by atoms with van der Waals surface area (Å²) in [6.07, 6.45) is -3.90. The molecule has 0 spiro atoms. The molecule has 2 aromatic rings. The van der Waals surface area contributed by atoms with Crippen molar-refractivity contribution in [3.8, 4) is 0 Å². The van der Waals surface area contributed by atoms with Crippen LogP contribution in [0.25, 0.3) is 0 Å². The predicted molar refractivity (Wildman–Crippen MR) is 114 cm³/mol. The maximum atomic E-state index is 13.0. The Morgan fingerprint density at radius 3 is 2.47 bits per heavy atom. The van der Waals surface area contributed by atoms with E-state index in [1.54, 1.807) is 11.5 Å². The zero-order valence-electron chi connectivity index (χ0n) is 18.3. The fraction of sp³-hybridized carbons (Fsp3) is 0.391. The maximum Gasteiger partial charge on any atom is 0.416 e. The van der Waals surface area contributed by atoms with E-state index >= 15 is 0 Å². The van der Waals surface area contributed by atoms with Crippen molar-refractivity contribution in [2.45, 2.75) is 44.6 Å². The fourth-order valence-corrected chi connectivity index (χ4v) is 4.55. The van der Waals surface area contributed by atoms with Crippen LogP contribution in [0.5, 0.6) is 0 Å². The number of hydrogen-bond donors (Lipinski definition) is 2. The Morgan fingerprint density at radius 2 is 1.85 bits per heavy atom. The average molecular weight is 473 g/mol. The second kappa shape index (κ2) is 7.79. The largest absolute Gasteiger partial charge is 0.416 e. The van der Waals surface area contributed by atoms with Crippen LogP contribution in [0.15, 0.2) is 35.5 Å². The van der Waals surface area contributed by atoms with Gasteiger partial charge < -0.3 is 20.5 Å². The van der Waals surface area contributed by atoms with E-state index in [1.165, 1.54) is 12.1 Å². The van der Waals surface area contributed by atoms with Crippen molar-refractivity contribution in [3.63, 3.8) is 0 Å². The van der Waals surface area contributed by atoms with Gasteiger partial charge >= 0.3 is 6.18 Å². The number of nitrogens with one attached hydrogen (secondary N) is 1. The van der Waals surface area contributed by atoms with Crippen LogP contribution in [0.1, 0.15) is 57.3 Å². The molecule has 34 heavy (non-hydrogen) atoms. The molecular weight excluding hydrogens is 451 g/mol. The van der Waals surface area contributed by atoms with E-state index < -0.39 is 29.7 Å². The lowest BCUT2D eigenvalue weighted by atomic mass is 9.95. The van der Waals surface area contributed by atoms with Crippen LogP contribution in [-0.4, -0.2) is 51.1 Å². The fourth-order valence-electron chi connectivity index (χ4n) is 4.55. The topological polar surface area (TPSA) is 110 Å². The first-order valence-electron chi connectivity index (χ1n) is 10.9. The number of hydrogen-bond acceptors (Lipinski definition) is 6. The van der Waals surface area contributed by atoms with E-state index in [2.05, 4.69) is 10.3 Å². The van der Waals surface area contributed by atoms with Crippen molar-refractivity contribution in [1.82, 2.24) is 19.8 Å². The normalized spacial score (nSPS) is 20.4. The predicted octanol–water partition coefficient (Wildman–Crippen LogP) is 2.00. The van der Waals surface area contributed by atoms with Crippen molar-refractivity contribution < 1.29 is 27.6 Å². The summed E-state index contributed by atoms with van der Waals surface area (Å²) in [6, 6.07) is 2.99. The third kappa shape index (κ3) is 3.69. The Hall–Kier alpha value is -3.47. The van der Waals surface area contributed by atoms with Gasteiger partial charge in [0.25, 0.3) is 0 Å². The van der Waals surface area contributed by atoms with Crippen LogP contribution in [0.3, 0.4) is 0 Å². The lowest BCUT2D eigenvalue weighted by molar-refractivity contribution is -0.137. The standard InChI is InChI=1S/C23H22F3N5O3/c1-11-17(30-8-9-30)20(33)16-18(19(11)32)31-7-6-15(21(31)29-16)28-22(34)14(27)10-12-2-4-13(5-3-12)23(24,25)26/h2-5,14-15H,6-10,27H2,1H3,(H,28,34)/t14-,15-/m0/s1. The van der Waals surface area contributed by atoms with Gasteiger partial charge in [-0.2, -0.15) is 13.2 Å². The number of allylic oxidation sites excluding steroid dienone is 2. The summed E-state index contributed by atoms with van der Waals surface area (Å²) in [7, 11) is 0. The first-order valence-corrected chi connectivity index (χ1v) is 10.9. The molecule has 2 aliphatic heterocycles. The van der Waals surface area contributed by atoms with E-state index in [4.69, 9.17) is 5.73 Å². The zero-order valence-corrected chi connectivity index (χ0v) is 18.3. The molecule has 0 radical (unpaired) electrons. The lowest BCUT2D eigenvalue weighted by Gasteiger charge is -2.17. The number of aromatic nitrogens is 2. The second-order valence-corrected chi connectivity index (χ2v) is 8.79. The number of nitrogens with two attached hydrogens (primary N) is 1. The number of nitrogens with zero attached hydrogens (tertiary/aromatic N) is 3. The van der Waals surface area contributed by atoms with E-state index in [0.29, 0.717) is 35.6 Å². The monoisotopic (exact) mass is 473 g/mol. The first kappa shape index (κ1) is 22.3. The molecule has 0 bridgehead atoms. The van der Waals surface area contributed by atoms with Gasteiger partial charge in [-0.25, -0.2) is 4.98 Å². The molecule has 2 atom stereocenters. The summed E-state index contributed by atoms with van der Waals surface area (Å²) >= 11 is 0. The minimum absolute atomic E-state index is 0.0565. The third-order valence-corrected chi connectivity index (χ3v) is 6.44. The Bertz CT molecular complexity index is 1240. The van der Waals surface area contributed by atoms with Gasteiger partial charge in [0.1, 0.15) is 17.2 Å². The highest BCUT2D eigenvalue weighted by atomic mass is 19.4. The average Bonchev–Trinajstić information content (AvgIpc) is 3.42. The number of amides is 1. The van der Waals surface area contributed by atoms with Crippen LogP contribution in [0.2, 0.25) is 0 Å². The number of rotatable bonds is 5. The summed E-state index contributed by atoms with van der Waals surface area (Å²) in [4.78, 5) is 44.9. The summed E-state index contributed by atoms with van der Waals surface area (Å²) in [5.41, 5.74) is 6.91. The maximum absolute atomic E-state index is 13.0. The Balaban J connectivity index is 1.30. The van der Waals surface area contributed by atoms with Gasteiger partial charge in [-0.3, -0.25) is 14.4 Å². The van der Waals surface area contributed by atoms with Crippen LogP contribution < -0.4 is 11.1 Å². The number of fused-ring (bicyclic) bond motifs is 3. The van der Waals surface area contributed by atoms with Crippen molar-refractivity contribution in [2.75, 3.05) is 13.1 Å². The zero-order chi connectivity index (χ0) is 24.4. The Labute approximate surface area is 192 Å². The summed E-state index contributed by atoms with van der Waals surface area (Å²) in [6.45, 7) is 3.52. The summed E-state index contributed by atoms with van der Waals surface area (Å²) < 4.78 is 39.9. The molecule has 1 amide bonds. The molecule has 3 heterocycles. The molecule has 1 saturated heterocycles. The van der Waals surface area contributed by atoms with E-state index in [1.807, 2.05) is 4.90 Å². The molecule has 1 aromatic heterocycles. The molecule has 8 nitrogen and oxygen atoms in total. The SMILES string of the molecule is CC1=C(N2CC2)C(=O)c2nc3n(c2C1=O)CC[C@@H]3NC(=O)[C@@H](N)Cc1ccc(C(F)(F)F)cc1. The van der Waals surface area contributed by atoms with Gasteiger partial charge in [0.05, 0.1) is 23.3 Å². The summed E-state index contributed by atoms with van der Waals surface area (Å²) in [5, 5.41) is 2.81. The molecule has 3 N–H and O–H groups in total. The number of Topliss-reactive ketones (excluding diaryl/α,β-unsaturated/α-hetero) is 2. The number of ketones is 2. The van der Waals surface area contributed by atoms with Crippen LogP contribution in [-0.2, 0) is 23.9 Å². The van der Waals surface area contributed by atoms with Gasteiger partial charge in [-0.1, -0.05) is 12.1 Å². The molecule has 0 saturated carbocycles. The van der Waals surface area contributed by atoms with E-state index in [-0.39, 0.29) is 29.4 Å². The van der Waals surface area contributed by atoms with Crippen molar-refractivity contribution in [3.05, 3.63) is 63.9 Å². The molecule has 1 fully saturated rings. The van der Waals surface area contributed by atoms with Crippen molar-refractivity contribution in [1.29, 1.82) is 0 Å². The lowest BCUT2D eigenvalue weighted by Crippen LogP contribution is -2.43. The van der Waals surface area contributed by atoms with E-state index in [0.717, 1.165) is 25.2 Å². The third-order valence-electron chi connectivity index (χ3n) is 6.44. The first-order chi connectivity index (χ1) is 16.1. The molecule has 178 valence electrons. The summed E-state index contributed by atoms with van der Waals surface area (Å²) in [5.74, 6) is -0.575. The molecule has 0 unspecified atom stereocenters. The highest BCUT2D eigenvalue weighted by Crippen LogP contribution is 2.36. The smallest absolute Gasteiger partial charge is 0.364 e. The number of imidazole rings is 1. The highest BCUT2D eigenvalue weighted by Gasteiger charge is 2.43. The number of benzene rings is 1. The number of carbonyl (C=O) groups excluding carboxylic acids is 3. The Morgan fingerprint density at radius 1 is 1.18 bits per heavy atom. The quantitative estimate of drug-likeness (QED) is 0.643. The number of carbonyl (C=O) groups is 3. The van der Waals surface area contributed by atoms with Crippen LogP contribution in [0.4, 0.5) is 13.2 Å². The van der Waals surface area contributed by atoms with Crippen LogP contribution >= 0.6 is 0 Å². The van der Waals surface area contributed by atoms with Gasteiger partial charge in [0.15, 0.2) is 0 Å². The Kier molecular flexibility index (Phi) is 5.12. The minimum atomic E-state index is -4.44. The van der Waals surface area contributed by atoms with Gasteiger partial charge in [-0.15, -0.1) is 0 Å².